The molecule has 26 heavy (non-hydrogen) atoms. The van der Waals surface area contributed by atoms with Gasteiger partial charge in [-0.15, -0.1) is 11.8 Å². The van der Waals surface area contributed by atoms with Crippen LogP contribution < -0.4 is 10.6 Å². The Labute approximate surface area is 152 Å². The molecule has 0 spiro atoms. The Morgan fingerprint density at radius 3 is 2.58 bits per heavy atom. The minimum atomic E-state index is -4.50. The lowest BCUT2D eigenvalue weighted by molar-refractivity contribution is -0.137. The number of hydrogen-bond donors (Lipinski definition) is 2. The first kappa shape index (κ1) is 20.1. The summed E-state index contributed by atoms with van der Waals surface area (Å²) in [7, 11) is 3.11. The summed E-state index contributed by atoms with van der Waals surface area (Å²) in [6, 6.07) is 2.33. The zero-order chi connectivity index (χ0) is 19.6. The first-order valence-corrected chi connectivity index (χ1v) is 8.56. The number of anilines is 1. The quantitative estimate of drug-likeness (QED) is 0.827. The van der Waals surface area contributed by atoms with Crippen molar-refractivity contribution < 1.29 is 27.6 Å². The van der Waals surface area contributed by atoms with Crippen molar-refractivity contribution in [3.8, 4) is 0 Å². The Morgan fingerprint density at radius 1 is 1.35 bits per heavy atom. The SMILES string of the molecule is C[C@@H](NC(=O)C[C@@H]1Sc2ccc(C(F)(F)F)cc2NC1=O)C(=O)N(C)C. The monoisotopic (exact) mass is 389 g/mol. The first-order chi connectivity index (χ1) is 12.0. The maximum atomic E-state index is 12.7. The number of carbonyl (C=O) groups is 3. The number of nitrogens with one attached hydrogen (secondary N) is 2. The second-order valence-electron chi connectivity index (χ2n) is 6.03. The molecule has 1 aromatic carbocycles. The minimum absolute atomic E-state index is 0.0719. The van der Waals surface area contributed by atoms with E-state index in [1.807, 2.05) is 0 Å². The van der Waals surface area contributed by atoms with Gasteiger partial charge in [-0.1, -0.05) is 0 Å². The molecular weight excluding hydrogens is 371 g/mol. The lowest BCUT2D eigenvalue weighted by Gasteiger charge is -2.25. The summed E-state index contributed by atoms with van der Waals surface area (Å²) in [5, 5.41) is 4.13. The van der Waals surface area contributed by atoms with E-state index in [2.05, 4.69) is 10.6 Å². The van der Waals surface area contributed by atoms with E-state index in [-0.39, 0.29) is 18.0 Å². The average molecular weight is 389 g/mol. The summed E-state index contributed by atoms with van der Waals surface area (Å²) in [5.41, 5.74) is -0.785. The van der Waals surface area contributed by atoms with Crippen molar-refractivity contribution in [3.63, 3.8) is 0 Å². The molecule has 0 saturated carbocycles. The molecule has 1 aliphatic heterocycles. The van der Waals surface area contributed by atoms with E-state index >= 15 is 0 Å². The number of rotatable bonds is 4. The van der Waals surface area contributed by atoms with Gasteiger partial charge in [0.2, 0.25) is 17.7 Å². The second kappa shape index (κ2) is 7.56. The van der Waals surface area contributed by atoms with Crippen LogP contribution in [0, 0.1) is 0 Å². The topological polar surface area (TPSA) is 78.5 Å². The third-order valence-electron chi connectivity index (χ3n) is 3.69. The highest BCUT2D eigenvalue weighted by Gasteiger charge is 2.34. The van der Waals surface area contributed by atoms with Gasteiger partial charge < -0.3 is 15.5 Å². The number of amides is 3. The smallest absolute Gasteiger partial charge is 0.347 e. The lowest BCUT2D eigenvalue weighted by Crippen LogP contribution is -2.45. The molecule has 3 amide bonds. The number of nitrogens with zero attached hydrogens (tertiary/aromatic N) is 1. The molecule has 2 rings (SSSR count). The van der Waals surface area contributed by atoms with Crippen LogP contribution in [0.15, 0.2) is 23.1 Å². The number of alkyl halides is 3. The fourth-order valence-corrected chi connectivity index (χ4v) is 3.47. The van der Waals surface area contributed by atoms with Crippen LogP contribution in [0.1, 0.15) is 18.9 Å². The summed E-state index contributed by atoms with van der Waals surface area (Å²) in [5.74, 6) is -1.33. The van der Waals surface area contributed by atoms with Crippen LogP contribution in [0.5, 0.6) is 0 Å². The van der Waals surface area contributed by atoms with Gasteiger partial charge in [-0.3, -0.25) is 14.4 Å². The van der Waals surface area contributed by atoms with Gasteiger partial charge in [-0.05, 0) is 25.1 Å². The fourth-order valence-electron chi connectivity index (χ4n) is 2.38. The van der Waals surface area contributed by atoms with Crippen molar-refractivity contribution in [3.05, 3.63) is 23.8 Å². The van der Waals surface area contributed by atoms with Gasteiger partial charge in [0.05, 0.1) is 16.5 Å². The number of thioether (sulfide) groups is 1. The van der Waals surface area contributed by atoms with E-state index in [0.717, 1.165) is 23.9 Å². The van der Waals surface area contributed by atoms with Crippen LogP contribution in [-0.4, -0.2) is 48.0 Å². The van der Waals surface area contributed by atoms with Gasteiger partial charge in [0.1, 0.15) is 6.04 Å². The zero-order valence-corrected chi connectivity index (χ0v) is 15.1. The summed E-state index contributed by atoms with van der Waals surface area (Å²) in [6.07, 6.45) is -4.70. The van der Waals surface area contributed by atoms with Crippen molar-refractivity contribution in [2.24, 2.45) is 0 Å². The molecule has 0 fully saturated rings. The zero-order valence-electron chi connectivity index (χ0n) is 14.3. The third-order valence-corrected chi connectivity index (χ3v) is 4.96. The van der Waals surface area contributed by atoms with Gasteiger partial charge in [-0.25, -0.2) is 0 Å². The fraction of sp³-hybridized carbons (Fsp3) is 0.438. The molecule has 6 nitrogen and oxygen atoms in total. The summed E-state index contributed by atoms with van der Waals surface area (Å²) in [4.78, 5) is 37.7. The van der Waals surface area contributed by atoms with Gasteiger partial charge in [-0.2, -0.15) is 13.2 Å². The molecular formula is C16H18F3N3O3S. The molecule has 2 N–H and O–H groups in total. The molecule has 142 valence electrons. The Morgan fingerprint density at radius 2 is 2.00 bits per heavy atom. The predicted octanol–water partition coefficient (Wildman–Crippen LogP) is 2.10. The Hall–Kier alpha value is -2.23. The standard InChI is InChI=1S/C16H18F3N3O3S/c1-8(15(25)22(2)3)20-13(23)7-12-14(24)21-10-6-9(16(17,18)19)4-5-11(10)26-12/h4-6,8,12H,7H2,1-3H3,(H,20,23)(H,21,24)/t8-,12+/m1/s1. The Balaban J connectivity index is 2.04. The Kier molecular flexibility index (Phi) is 5.84. The number of fused-ring (bicyclic) bond motifs is 1. The van der Waals surface area contributed by atoms with E-state index in [0.29, 0.717) is 4.90 Å². The van der Waals surface area contributed by atoms with Crippen molar-refractivity contribution in [2.45, 2.75) is 35.7 Å². The molecule has 10 heteroatoms. The second-order valence-corrected chi connectivity index (χ2v) is 7.27. The molecule has 0 bridgehead atoms. The molecule has 0 aliphatic carbocycles. The number of halogens is 3. The summed E-state index contributed by atoms with van der Waals surface area (Å²) in [6.45, 7) is 1.53. The van der Waals surface area contributed by atoms with Crippen molar-refractivity contribution >= 4 is 35.2 Å². The lowest BCUT2D eigenvalue weighted by atomic mass is 10.1. The van der Waals surface area contributed by atoms with Gasteiger partial charge in [0.25, 0.3) is 0 Å². The molecule has 0 unspecified atom stereocenters. The normalized spacial score (nSPS) is 17.8. The van der Waals surface area contributed by atoms with Crippen LogP contribution in [-0.2, 0) is 20.6 Å². The van der Waals surface area contributed by atoms with Crippen LogP contribution in [0.25, 0.3) is 0 Å². The number of carbonyl (C=O) groups excluding carboxylic acids is 3. The van der Waals surface area contributed by atoms with Crippen molar-refractivity contribution in [2.75, 3.05) is 19.4 Å². The van der Waals surface area contributed by atoms with Crippen LogP contribution in [0.4, 0.5) is 18.9 Å². The van der Waals surface area contributed by atoms with Gasteiger partial charge in [0.15, 0.2) is 0 Å². The molecule has 1 aliphatic rings. The third kappa shape index (κ3) is 4.69. The molecule has 0 aromatic heterocycles. The molecule has 0 radical (unpaired) electrons. The van der Waals surface area contributed by atoms with E-state index in [1.54, 1.807) is 14.1 Å². The largest absolute Gasteiger partial charge is 0.416 e. The number of benzene rings is 1. The predicted molar refractivity (Wildman–Crippen MR) is 90.6 cm³/mol. The van der Waals surface area contributed by atoms with E-state index in [4.69, 9.17) is 0 Å². The van der Waals surface area contributed by atoms with Crippen LogP contribution >= 0.6 is 11.8 Å². The highest BCUT2D eigenvalue weighted by molar-refractivity contribution is 8.01. The van der Waals surface area contributed by atoms with E-state index in [1.165, 1.54) is 17.9 Å². The Bertz CT molecular complexity index is 737. The number of likely N-dealkylation sites (N-methyl/N-ethyl adjacent to an activating group) is 1. The van der Waals surface area contributed by atoms with Crippen molar-refractivity contribution in [1.82, 2.24) is 10.2 Å². The minimum Gasteiger partial charge on any atom is -0.347 e. The maximum absolute atomic E-state index is 12.7. The molecule has 0 saturated heterocycles. The average Bonchev–Trinajstić information content (AvgIpc) is 2.53. The van der Waals surface area contributed by atoms with E-state index in [9.17, 15) is 27.6 Å². The molecule has 1 aromatic rings. The van der Waals surface area contributed by atoms with Crippen LogP contribution in [0.3, 0.4) is 0 Å². The van der Waals surface area contributed by atoms with E-state index < -0.39 is 34.8 Å². The summed E-state index contributed by atoms with van der Waals surface area (Å²) >= 11 is 1.02. The highest BCUT2D eigenvalue weighted by Crippen LogP contribution is 2.40. The number of hydrogen-bond acceptors (Lipinski definition) is 4. The highest BCUT2D eigenvalue weighted by atomic mass is 32.2. The molecule has 1 heterocycles. The summed E-state index contributed by atoms with van der Waals surface area (Å²) < 4.78 is 38.2. The first-order valence-electron chi connectivity index (χ1n) is 7.68. The van der Waals surface area contributed by atoms with Gasteiger partial charge in [0, 0.05) is 25.4 Å². The molecule has 2 atom stereocenters. The van der Waals surface area contributed by atoms with Gasteiger partial charge >= 0.3 is 6.18 Å². The van der Waals surface area contributed by atoms with Crippen molar-refractivity contribution in [1.29, 1.82) is 0 Å². The maximum Gasteiger partial charge on any atom is 0.416 e. The van der Waals surface area contributed by atoms with Crippen LogP contribution in [0.2, 0.25) is 0 Å².